The molecule has 2 rings (SSSR count). The van der Waals surface area contributed by atoms with Crippen LogP contribution in [0.25, 0.3) is 0 Å². The predicted molar refractivity (Wildman–Crippen MR) is 75.3 cm³/mol. The second kappa shape index (κ2) is 5.75. The molecule has 0 bridgehead atoms. The molecule has 0 saturated carbocycles. The monoisotopic (exact) mass is 278 g/mol. The molecule has 1 aliphatic rings. The van der Waals surface area contributed by atoms with Crippen LogP contribution in [0, 0.1) is 6.92 Å². The van der Waals surface area contributed by atoms with Crippen molar-refractivity contribution in [3.8, 4) is 0 Å². The van der Waals surface area contributed by atoms with Crippen molar-refractivity contribution in [1.82, 2.24) is 20.6 Å². The third-order valence-corrected chi connectivity index (χ3v) is 3.04. The van der Waals surface area contributed by atoms with Crippen LogP contribution in [0.5, 0.6) is 0 Å². The fourth-order valence-electron chi connectivity index (χ4n) is 2.19. The number of carbonyl (C=O) groups excluding carboxylic acids is 1. The number of hydrogen-bond acceptors (Lipinski definition) is 5. The number of ether oxygens (including phenoxy) is 1. The minimum absolute atomic E-state index is 0.0179. The van der Waals surface area contributed by atoms with Crippen LogP contribution >= 0.6 is 0 Å². The van der Waals surface area contributed by atoms with Crippen LogP contribution in [0.4, 0.5) is 4.79 Å². The van der Waals surface area contributed by atoms with Crippen molar-refractivity contribution in [2.45, 2.75) is 51.8 Å². The molecule has 110 valence electrons. The summed E-state index contributed by atoms with van der Waals surface area (Å²) in [6.45, 7) is 8.28. The van der Waals surface area contributed by atoms with Gasteiger partial charge in [0.05, 0.1) is 29.7 Å². The SMILES string of the molecule is Cc1cnc([C@@H]2NCC[C@H]2NC(=O)OC(C)(C)C)cn1. The second-order valence-corrected chi connectivity index (χ2v) is 6.06. The van der Waals surface area contributed by atoms with Gasteiger partial charge in [0, 0.05) is 6.20 Å². The van der Waals surface area contributed by atoms with Crippen LogP contribution in [-0.2, 0) is 4.74 Å². The molecule has 0 radical (unpaired) electrons. The Kier molecular flexibility index (Phi) is 4.23. The first-order valence-electron chi connectivity index (χ1n) is 6.86. The third-order valence-electron chi connectivity index (χ3n) is 3.04. The van der Waals surface area contributed by atoms with Crippen molar-refractivity contribution in [2.75, 3.05) is 6.54 Å². The summed E-state index contributed by atoms with van der Waals surface area (Å²) in [5.74, 6) is 0. The molecular weight excluding hydrogens is 256 g/mol. The number of nitrogens with zero attached hydrogens (tertiary/aromatic N) is 2. The zero-order valence-corrected chi connectivity index (χ0v) is 12.4. The Morgan fingerprint density at radius 3 is 2.75 bits per heavy atom. The van der Waals surface area contributed by atoms with Crippen molar-refractivity contribution < 1.29 is 9.53 Å². The maximum atomic E-state index is 11.8. The second-order valence-electron chi connectivity index (χ2n) is 6.06. The Balaban J connectivity index is 2.00. The lowest BCUT2D eigenvalue weighted by Crippen LogP contribution is -2.41. The van der Waals surface area contributed by atoms with E-state index in [9.17, 15) is 4.79 Å². The molecule has 1 aliphatic heterocycles. The minimum Gasteiger partial charge on any atom is -0.444 e. The molecule has 2 N–H and O–H groups in total. The Hall–Kier alpha value is -1.69. The fraction of sp³-hybridized carbons (Fsp3) is 0.643. The van der Waals surface area contributed by atoms with Gasteiger partial charge in [-0.3, -0.25) is 9.97 Å². The summed E-state index contributed by atoms with van der Waals surface area (Å²) in [5, 5.41) is 6.25. The molecule has 1 saturated heterocycles. The van der Waals surface area contributed by atoms with E-state index >= 15 is 0 Å². The number of carbonyl (C=O) groups is 1. The minimum atomic E-state index is -0.491. The number of rotatable bonds is 2. The molecule has 6 heteroatoms. The Bertz CT molecular complexity index is 467. The van der Waals surface area contributed by atoms with Gasteiger partial charge in [-0.15, -0.1) is 0 Å². The van der Waals surface area contributed by atoms with Crippen molar-refractivity contribution in [2.24, 2.45) is 0 Å². The van der Waals surface area contributed by atoms with Gasteiger partial charge in [-0.2, -0.15) is 0 Å². The lowest BCUT2D eigenvalue weighted by atomic mass is 10.1. The van der Waals surface area contributed by atoms with Gasteiger partial charge in [0.25, 0.3) is 0 Å². The molecule has 0 aliphatic carbocycles. The van der Waals surface area contributed by atoms with Gasteiger partial charge in [-0.05, 0) is 40.7 Å². The molecule has 1 aromatic heterocycles. The Labute approximate surface area is 119 Å². The third kappa shape index (κ3) is 3.90. The average molecular weight is 278 g/mol. The molecule has 1 amide bonds. The van der Waals surface area contributed by atoms with Gasteiger partial charge in [-0.1, -0.05) is 0 Å². The molecular formula is C14H22N4O2. The lowest BCUT2D eigenvalue weighted by Gasteiger charge is -2.24. The molecule has 6 nitrogen and oxygen atoms in total. The zero-order chi connectivity index (χ0) is 14.8. The molecule has 0 aromatic carbocycles. The first-order valence-corrected chi connectivity index (χ1v) is 6.86. The van der Waals surface area contributed by atoms with Crippen LogP contribution < -0.4 is 10.6 Å². The van der Waals surface area contributed by atoms with Gasteiger partial charge in [-0.25, -0.2) is 4.79 Å². The summed E-state index contributed by atoms with van der Waals surface area (Å²) in [6.07, 6.45) is 3.94. The van der Waals surface area contributed by atoms with E-state index in [-0.39, 0.29) is 12.1 Å². The first kappa shape index (κ1) is 14.7. The van der Waals surface area contributed by atoms with E-state index in [1.165, 1.54) is 0 Å². The van der Waals surface area contributed by atoms with Gasteiger partial charge in [0.1, 0.15) is 5.60 Å². The number of aryl methyl sites for hydroxylation is 1. The Morgan fingerprint density at radius 1 is 1.40 bits per heavy atom. The van der Waals surface area contributed by atoms with Gasteiger partial charge < -0.3 is 15.4 Å². The predicted octanol–water partition coefficient (Wildman–Crippen LogP) is 1.71. The summed E-state index contributed by atoms with van der Waals surface area (Å²) in [6, 6.07) is -0.0440. The number of aromatic nitrogens is 2. The van der Waals surface area contributed by atoms with Gasteiger partial charge in [0.2, 0.25) is 0 Å². The average Bonchev–Trinajstić information content (AvgIpc) is 2.75. The van der Waals surface area contributed by atoms with Crippen LogP contribution in [-0.4, -0.2) is 34.2 Å². The number of amides is 1. The van der Waals surface area contributed by atoms with Gasteiger partial charge in [0.15, 0.2) is 0 Å². The lowest BCUT2D eigenvalue weighted by molar-refractivity contribution is 0.0500. The molecule has 2 atom stereocenters. The molecule has 0 spiro atoms. The van der Waals surface area contributed by atoms with E-state index in [2.05, 4.69) is 20.6 Å². The quantitative estimate of drug-likeness (QED) is 0.861. The summed E-state index contributed by atoms with van der Waals surface area (Å²) in [5.41, 5.74) is 1.23. The number of alkyl carbamates (subject to hydrolysis) is 1. The van der Waals surface area contributed by atoms with E-state index in [1.54, 1.807) is 12.4 Å². The van der Waals surface area contributed by atoms with E-state index in [1.807, 2.05) is 27.7 Å². The largest absolute Gasteiger partial charge is 0.444 e. The van der Waals surface area contributed by atoms with Crippen LogP contribution in [0.3, 0.4) is 0 Å². The maximum Gasteiger partial charge on any atom is 0.407 e. The maximum absolute atomic E-state index is 11.8. The first-order chi connectivity index (χ1) is 9.35. The highest BCUT2D eigenvalue weighted by atomic mass is 16.6. The van der Waals surface area contributed by atoms with E-state index in [0.717, 1.165) is 24.4 Å². The highest BCUT2D eigenvalue weighted by molar-refractivity contribution is 5.68. The highest BCUT2D eigenvalue weighted by Crippen LogP contribution is 2.22. The zero-order valence-electron chi connectivity index (χ0n) is 12.4. The number of hydrogen-bond donors (Lipinski definition) is 2. The number of nitrogens with one attached hydrogen (secondary N) is 2. The summed E-state index contributed by atoms with van der Waals surface area (Å²) < 4.78 is 5.29. The summed E-state index contributed by atoms with van der Waals surface area (Å²) in [7, 11) is 0. The molecule has 1 aromatic rings. The molecule has 0 unspecified atom stereocenters. The Morgan fingerprint density at radius 2 is 2.15 bits per heavy atom. The smallest absolute Gasteiger partial charge is 0.407 e. The van der Waals surface area contributed by atoms with Crippen molar-refractivity contribution >= 4 is 6.09 Å². The highest BCUT2D eigenvalue weighted by Gasteiger charge is 2.31. The molecule has 1 fully saturated rings. The van der Waals surface area contributed by atoms with E-state index in [0.29, 0.717) is 0 Å². The molecule has 2 heterocycles. The normalized spacial score (nSPS) is 22.6. The van der Waals surface area contributed by atoms with Crippen LogP contribution in [0.15, 0.2) is 12.4 Å². The van der Waals surface area contributed by atoms with Crippen LogP contribution in [0.1, 0.15) is 44.6 Å². The van der Waals surface area contributed by atoms with Crippen molar-refractivity contribution in [3.63, 3.8) is 0 Å². The van der Waals surface area contributed by atoms with Crippen molar-refractivity contribution in [1.29, 1.82) is 0 Å². The fourth-order valence-corrected chi connectivity index (χ4v) is 2.19. The topological polar surface area (TPSA) is 76.1 Å². The van der Waals surface area contributed by atoms with Crippen LogP contribution in [0.2, 0.25) is 0 Å². The summed E-state index contributed by atoms with van der Waals surface area (Å²) in [4.78, 5) is 20.5. The van der Waals surface area contributed by atoms with Gasteiger partial charge >= 0.3 is 6.09 Å². The standard InChI is InChI=1S/C14H22N4O2/c1-9-7-17-11(8-16-9)12-10(5-6-15-12)18-13(19)20-14(2,3)4/h7-8,10,12,15H,5-6H2,1-4H3,(H,18,19)/t10-,12-/m1/s1. The molecule has 20 heavy (non-hydrogen) atoms. The summed E-state index contributed by atoms with van der Waals surface area (Å²) >= 11 is 0. The van der Waals surface area contributed by atoms with E-state index < -0.39 is 11.7 Å². The van der Waals surface area contributed by atoms with E-state index in [4.69, 9.17) is 4.74 Å². The van der Waals surface area contributed by atoms with Crippen molar-refractivity contribution in [3.05, 3.63) is 23.8 Å².